The molecule has 1 saturated heterocycles. The van der Waals surface area contributed by atoms with Crippen LogP contribution in [0.15, 0.2) is 23.3 Å². The Bertz CT molecular complexity index is 322. The van der Waals surface area contributed by atoms with Gasteiger partial charge < -0.3 is 4.74 Å². The Labute approximate surface area is 99.6 Å². The lowest BCUT2D eigenvalue weighted by atomic mass is 9.79. The van der Waals surface area contributed by atoms with Crippen LogP contribution in [-0.4, -0.2) is 11.7 Å². The summed E-state index contributed by atoms with van der Waals surface area (Å²) in [7, 11) is 0. The molecule has 0 N–H and O–H groups in total. The summed E-state index contributed by atoms with van der Waals surface area (Å²) in [5.74, 6) is 0.742. The highest BCUT2D eigenvalue weighted by molar-refractivity contribution is 5.13. The van der Waals surface area contributed by atoms with Crippen molar-refractivity contribution in [3.63, 3.8) is 0 Å². The zero-order chi connectivity index (χ0) is 11.8. The third-order valence-corrected chi connectivity index (χ3v) is 4.17. The van der Waals surface area contributed by atoms with Crippen LogP contribution in [0.1, 0.15) is 53.4 Å². The molecule has 0 spiro atoms. The van der Waals surface area contributed by atoms with Crippen molar-refractivity contribution in [3.8, 4) is 0 Å². The van der Waals surface area contributed by atoms with Crippen LogP contribution in [0.25, 0.3) is 0 Å². The van der Waals surface area contributed by atoms with E-state index in [2.05, 4.69) is 39.8 Å². The number of allylic oxidation sites excluding steroid dienone is 3. The van der Waals surface area contributed by atoms with Gasteiger partial charge in [-0.15, -0.1) is 0 Å². The first-order valence-corrected chi connectivity index (χ1v) is 6.49. The molecule has 16 heavy (non-hydrogen) atoms. The molecule has 0 amide bonds. The van der Waals surface area contributed by atoms with Crippen LogP contribution in [-0.2, 0) is 4.74 Å². The maximum absolute atomic E-state index is 5.96. The van der Waals surface area contributed by atoms with Crippen LogP contribution >= 0.6 is 0 Å². The quantitative estimate of drug-likeness (QED) is 0.512. The van der Waals surface area contributed by atoms with Gasteiger partial charge in [-0.25, -0.2) is 0 Å². The van der Waals surface area contributed by atoms with Crippen molar-refractivity contribution >= 4 is 0 Å². The highest BCUT2D eigenvalue weighted by atomic mass is 16.6. The SMILES string of the molecule is CC(C)=CC[C@H]1O[C@@]1(C)C1CC=C(C)CC1. The topological polar surface area (TPSA) is 12.5 Å². The molecule has 1 heteroatoms. The van der Waals surface area contributed by atoms with Gasteiger partial charge in [-0.1, -0.05) is 23.3 Å². The van der Waals surface area contributed by atoms with E-state index < -0.39 is 0 Å². The molecular weight excluding hydrogens is 196 g/mol. The molecule has 0 aromatic carbocycles. The van der Waals surface area contributed by atoms with E-state index in [1.807, 2.05) is 0 Å². The zero-order valence-electron chi connectivity index (χ0n) is 11.0. The molecule has 1 aliphatic heterocycles. The summed E-state index contributed by atoms with van der Waals surface area (Å²) in [5.41, 5.74) is 3.13. The Morgan fingerprint density at radius 1 is 1.56 bits per heavy atom. The van der Waals surface area contributed by atoms with Crippen molar-refractivity contribution in [2.24, 2.45) is 5.92 Å². The molecule has 0 radical (unpaired) electrons. The van der Waals surface area contributed by atoms with Crippen molar-refractivity contribution in [1.29, 1.82) is 0 Å². The van der Waals surface area contributed by atoms with Gasteiger partial charge in [0.05, 0.1) is 11.7 Å². The molecule has 1 aliphatic carbocycles. The van der Waals surface area contributed by atoms with Gasteiger partial charge in [0.25, 0.3) is 0 Å². The number of hydrogen-bond acceptors (Lipinski definition) is 1. The second-order valence-corrected chi connectivity index (χ2v) is 5.83. The maximum atomic E-state index is 5.96. The Kier molecular flexibility index (Phi) is 3.25. The largest absolute Gasteiger partial charge is 0.366 e. The monoisotopic (exact) mass is 220 g/mol. The van der Waals surface area contributed by atoms with Crippen LogP contribution in [0.5, 0.6) is 0 Å². The Morgan fingerprint density at radius 2 is 2.31 bits per heavy atom. The standard InChI is InChI=1S/C15H24O/c1-11(2)5-10-14-15(4,16-14)13-8-6-12(3)7-9-13/h5-6,13-14H,7-10H2,1-4H3/t13?,14-,15+/m1/s1. The normalized spacial score (nSPS) is 37.9. The fraction of sp³-hybridized carbons (Fsp3) is 0.733. The average Bonchev–Trinajstić information content (AvgIpc) is 2.89. The van der Waals surface area contributed by atoms with E-state index in [0.29, 0.717) is 6.10 Å². The Balaban J connectivity index is 1.89. The van der Waals surface area contributed by atoms with Gasteiger partial charge in [-0.2, -0.15) is 0 Å². The minimum atomic E-state index is 0.170. The fourth-order valence-corrected chi connectivity index (χ4v) is 2.74. The van der Waals surface area contributed by atoms with Gasteiger partial charge >= 0.3 is 0 Å². The van der Waals surface area contributed by atoms with Gasteiger partial charge in [0.15, 0.2) is 0 Å². The molecule has 2 aliphatic rings. The van der Waals surface area contributed by atoms with Gasteiger partial charge in [0.1, 0.15) is 0 Å². The van der Waals surface area contributed by atoms with Gasteiger partial charge in [0.2, 0.25) is 0 Å². The molecule has 0 bridgehead atoms. The lowest BCUT2D eigenvalue weighted by molar-refractivity contribution is 0.218. The third-order valence-electron chi connectivity index (χ3n) is 4.17. The predicted molar refractivity (Wildman–Crippen MR) is 68.4 cm³/mol. The van der Waals surface area contributed by atoms with Crippen molar-refractivity contribution in [2.45, 2.75) is 65.1 Å². The number of epoxide rings is 1. The van der Waals surface area contributed by atoms with E-state index in [1.54, 1.807) is 5.57 Å². The van der Waals surface area contributed by atoms with Crippen LogP contribution in [0.2, 0.25) is 0 Å². The van der Waals surface area contributed by atoms with E-state index in [-0.39, 0.29) is 5.60 Å². The smallest absolute Gasteiger partial charge is 0.0954 e. The summed E-state index contributed by atoms with van der Waals surface area (Å²) in [6.07, 6.45) is 10.1. The van der Waals surface area contributed by atoms with E-state index in [1.165, 1.54) is 24.8 Å². The molecule has 90 valence electrons. The van der Waals surface area contributed by atoms with Gasteiger partial charge in [-0.3, -0.25) is 0 Å². The minimum absolute atomic E-state index is 0.170. The molecule has 1 nitrogen and oxygen atoms in total. The van der Waals surface area contributed by atoms with Crippen LogP contribution in [0.3, 0.4) is 0 Å². The lowest BCUT2D eigenvalue weighted by Crippen LogP contribution is -2.25. The molecule has 0 aromatic rings. The Morgan fingerprint density at radius 3 is 2.88 bits per heavy atom. The van der Waals surface area contributed by atoms with E-state index in [9.17, 15) is 0 Å². The highest BCUT2D eigenvalue weighted by Gasteiger charge is 2.55. The molecule has 1 heterocycles. The molecule has 1 fully saturated rings. The van der Waals surface area contributed by atoms with Gasteiger partial charge in [0, 0.05) is 0 Å². The van der Waals surface area contributed by atoms with Crippen LogP contribution in [0.4, 0.5) is 0 Å². The molecule has 1 unspecified atom stereocenters. The lowest BCUT2D eigenvalue weighted by Gasteiger charge is -2.24. The third kappa shape index (κ3) is 2.40. The zero-order valence-corrected chi connectivity index (χ0v) is 11.0. The van der Waals surface area contributed by atoms with Crippen molar-refractivity contribution in [3.05, 3.63) is 23.3 Å². The first-order valence-electron chi connectivity index (χ1n) is 6.49. The van der Waals surface area contributed by atoms with Crippen LogP contribution < -0.4 is 0 Å². The Hall–Kier alpha value is -0.560. The molecule has 0 aromatic heterocycles. The van der Waals surface area contributed by atoms with Crippen molar-refractivity contribution in [2.75, 3.05) is 0 Å². The molecule has 0 saturated carbocycles. The first kappa shape index (κ1) is 11.9. The maximum Gasteiger partial charge on any atom is 0.0954 e. The number of hydrogen-bond donors (Lipinski definition) is 0. The summed E-state index contributed by atoms with van der Waals surface area (Å²) < 4.78 is 5.96. The second kappa shape index (κ2) is 4.37. The summed E-state index contributed by atoms with van der Waals surface area (Å²) >= 11 is 0. The van der Waals surface area contributed by atoms with E-state index in [0.717, 1.165) is 12.3 Å². The first-order chi connectivity index (χ1) is 7.52. The fourth-order valence-electron chi connectivity index (χ4n) is 2.74. The molecular formula is C15H24O. The summed E-state index contributed by atoms with van der Waals surface area (Å²) in [6.45, 7) is 8.86. The number of ether oxygens (including phenoxy) is 1. The van der Waals surface area contributed by atoms with E-state index in [4.69, 9.17) is 4.74 Å². The highest BCUT2D eigenvalue weighted by Crippen LogP contribution is 2.49. The summed E-state index contributed by atoms with van der Waals surface area (Å²) in [6, 6.07) is 0. The summed E-state index contributed by atoms with van der Waals surface area (Å²) in [5, 5.41) is 0. The number of rotatable bonds is 3. The minimum Gasteiger partial charge on any atom is -0.366 e. The van der Waals surface area contributed by atoms with Gasteiger partial charge in [-0.05, 0) is 59.3 Å². The van der Waals surface area contributed by atoms with E-state index >= 15 is 0 Å². The van der Waals surface area contributed by atoms with Crippen molar-refractivity contribution < 1.29 is 4.74 Å². The van der Waals surface area contributed by atoms with Crippen molar-refractivity contribution in [1.82, 2.24) is 0 Å². The molecule has 2 rings (SSSR count). The molecule has 3 atom stereocenters. The summed E-state index contributed by atoms with van der Waals surface area (Å²) in [4.78, 5) is 0. The second-order valence-electron chi connectivity index (χ2n) is 5.83. The average molecular weight is 220 g/mol. The van der Waals surface area contributed by atoms with Crippen LogP contribution in [0, 0.1) is 5.92 Å². The predicted octanol–water partition coefficient (Wildman–Crippen LogP) is 4.25.